The molecule has 8 heteroatoms. The highest BCUT2D eigenvalue weighted by Crippen LogP contribution is 2.65. The highest BCUT2D eigenvalue weighted by atomic mass is 16.6. The summed E-state index contributed by atoms with van der Waals surface area (Å²) in [7, 11) is 1.30. The summed E-state index contributed by atoms with van der Waals surface area (Å²) in [5.74, 6) is -2.40. The molecule has 1 aromatic heterocycles. The number of ether oxygens (including phenoxy) is 3. The van der Waals surface area contributed by atoms with Gasteiger partial charge in [-0.3, -0.25) is 9.59 Å². The molecule has 168 valence electrons. The third-order valence-electron chi connectivity index (χ3n) is 7.56. The number of carbonyl (C=O) groups is 3. The maximum atomic E-state index is 13.0. The molecule has 7 atom stereocenters. The minimum atomic E-state index is -1.09. The topological polar surface area (TPSA) is 112 Å². The summed E-state index contributed by atoms with van der Waals surface area (Å²) in [4.78, 5) is 37.5. The fourth-order valence-corrected chi connectivity index (χ4v) is 6.26. The molecule has 2 aliphatic carbocycles. The number of methoxy groups -OCH3 is 1. The Kier molecular flexibility index (Phi) is 5.24. The van der Waals surface area contributed by atoms with Crippen molar-refractivity contribution in [1.82, 2.24) is 0 Å². The Morgan fingerprint density at radius 1 is 1.29 bits per heavy atom. The van der Waals surface area contributed by atoms with Crippen molar-refractivity contribution in [1.29, 1.82) is 0 Å². The van der Waals surface area contributed by atoms with Gasteiger partial charge in [0.15, 0.2) is 0 Å². The number of rotatable bonds is 3. The van der Waals surface area contributed by atoms with Crippen molar-refractivity contribution in [2.24, 2.45) is 22.7 Å². The van der Waals surface area contributed by atoms with Crippen LogP contribution in [0.2, 0.25) is 0 Å². The molecule has 7 unspecified atom stereocenters. The molecule has 31 heavy (non-hydrogen) atoms. The Balaban J connectivity index is 1.82. The predicted octanol–water partition coefficient (Wildman–Crippen LogP) is 2.71. The second-order valence-electron chi connectivity index (χ2n) is 9.32. The highest BCUT2D eigenvalue weighted by Gasteiger charge is 2.65. The molecule has 0 spiro atoms. The van der Waals surface area contributed by atoms with Crippen molar-refractivity contribution in [3.05, 3.63) is 35.8 Å². The number of aliphatic hydroxyl groups excluding tert-OH is 1. The van der Waals surface area contributed by atoms with Crippen LogP contribution < -0.4 is 0 Å². The highest BCUT2D eigenvalue weighted by molar-refractivity contribution is 5.91. The first-order valence-corrected chi connectivity index (χ1v) is 10.5. The van der Waals surface area contributed by atoms with E-state index in [0.29, 0.717) is 24.8 Å². The van der Waals surface area contributed by atoms with Crippen LogP contribution in [0.4, 0.5) is 0 Å². The van der Waals surface area contributed by atoms with Crippen molar-refractivity contribution >= 4 is 17.9 Å². The van der Waals surface area contributed by atoms with Gasteiger partial charge in [0.1, 0.15) is 12.2 Å². The average Bonchev–Trinajstić information content (AvgIpc) is 3.23. The lowest BCUT2D eigenvalue weighted by Crippen LogP contribution is -2.63. The van der Waals surface area contributed by atoms with Gasteiger partial charge in [-0.05, 0) is 36.8 Å². The summed E-state index contributed by atoms with van der Waals surface area (Å²) in [5.41, 5.74) is -0.358. The van der Waals surface area contributed by atoms with E-state index in [1.165, 1.54) is 26.4 Å². The standard InChI is InChI=1S/C23H28O8/c1-12(24)30-16-9-15(20(26)28-4)22(2)7-5-14-21(27)31-17(13-6-8-29-11-13)10-23(14,3)19(22)18(16)25/h6,8-9,11,14,16-19,25H,5,7,10H2,1-4H3. The zero-order valence-electron chi connectivity index (χ0n) is 18.1. The molecule has 2 heterocycles. The molecule has 1 aromatic rings. The fraction of sp³-hybridized carbons (Fsp3) is 0.609. The minimum Gasteiger partial charge on any atom is -0.472 e. The van der Waals surface area contributed by atoms with Gasteiger partial charge in [-0.15, -0.1) is 0 Å². The second kappa shape index (κ2) is 7.51. The maximum Gasteiger partial charge on any atom is 0.334 e. The number of esters is 3. The van der Waals surface area contributed by atoms with Crippen LogP contribution in [0.25, 0.3) is 0 Å². The van der Waals surface area contributed by atoms with Gasteiger partial charge in [0.05, 0.1) is 31.7 Å². The smallest absolute Gasteiger partial charge is 0.334 e. The number of hydrogen-bond donors (Lipinski definition) is 1. The van der Waals surface area contributed by atoms with Gasteiger partial charge >= 0.3 is 17.9 Å². The van der Waals surface area contributed by atoms with Gasteiger partial charge in [-0.2, -0.15) is 0 Å². The predicted molar refractivity (Wildman–Crippen MR) is 106 cm³/mol. The third kappa shape index (κ3) is 3.28. The lowest BCUT2D eigenvalue weighted by Gasteiger charge is -2.61. The number of fused-ring (bicyclic) bond motifs is 3. The summed E-state index contributed by atoms with van der Waals surface area (Å²) in [6.45, 7) is 5.13. The summed E-state index contributed by atoms with van der Waals surface area (Å²) >= 11 is 0. The van der Waals surface area contributed by atoms with Crippen LogP contribution in [0.3, 0.4) is 0 Å². The maximum absolute atomic E-state index is 13.0. The number of carbonyl (C=O) groups excluding carboxylic acids is 3. The lowest BCUT2D eigenvalue weighted by atomic mass is 9.44. The molecule has 4 rings (SSSR count). The SMILES string of the molecule is COC(=O)C1=CC(OC(C)=O)C(O)C2C1(C)CCC1C(=O)OC(c3ccoc3)CC12C. The van der Waals surface area contributed by atoms with E-state index in [-0.39, 0.29) is 5.97 Å². The van der Waals surface area contributed by atoms with Crippen LogP contribution in [0.15, 0.2) is 34.7 Å². The van der Waals surface area contributed by atoms with E-state index in [0.717, 1.165) is 5.56 Å². The molecule has 3 aliphatic rings. The van der Waals surface area contributed by atoms with E-state index in [1.54, 1.807) is 12.3 Å². The van der Waals surface area contributed by atoms with Crippen molar-refractivity contribution in [3.63, 3.8) is 0 Å². The summed E-state index contributed by atoms with van der Waals surface area (Å²) in [6, 6.07) is 1.75. The largest absolute Gasteiger partial charge is 0.472 e. The molecule has 1 aliphatic heterocycles. The number of aliphatic hydroxyl groups is 1. The van der Waals surface area contributed by atoms with Crippen LogP contribution in [-0.4, -0.2) is 42.3 Å². The molecule has 0 aromatic carbocycles. The summed E-state index contributed by atoms with van der Waals surface area (Å²) in [6.07, 6.45) is 3.40. The van der Waals surface area contributed by atoms with E-state index < -0.39 is 52.9 Å². The minimum absolute atomic E-state index is 0.326. The zero-order valence-corrected chi connectivity index (χ0v) is 18.1. The van der Waals surface area contributed by atoms with Crippen molar-refractivity contribution in [2.75, 3.05) is 7.11 Å². The lowest BCUT2D eigenvalue weighted by molar-refractivity contribution is -0.210. The molecule has 1 N–H and O–H groups in total. The van der Waals surface area contributed by atoms with E-state index in [1.807, 2.05) is 13.8 Å². The van der Waals surface area contributed by atoms with E-state index in [4.69, 9.17) is 18.6 Å². The zero-order chi connectivity index (χ0) is 22.6. The second-order valence-corrected chi connectivity index (χ2v) is 9.32. The summed E-state index contributed by atoms with van der Waals surface area (Å²) in [5, 5.41) is 11.4. The van der Waals surface area contributed by atoms with E-state index in [9.17, 15) is 19.5 Å². The average molecular weight is 432 g/mol. The van der Waals surface area contributed by atoms with Crippen LogP contribution in [0, 0.1) is 22.7 Å². The van der Waals surface area contributed by atoms with Gasteiger partial charge in [-0.1, -0.05) is 13.8 Å². The molecule has 0 bridgehead atoms. The van der Waals surface area contributed by atoms with Gasteiger partial charge < -0.3 is 23.7 Å². The molecule has 1 saturated heterocycles. The monoisotopic (exact) mass is 432 g/mol. The fourth-order valence-electron chi connectivity index (χ4n) is 6.26. The van der Waals surface area contributed by atoms with Crippen molar-refractivity contribution < 1.29 is 38.1 Å². The van der Waals surface area contributed by atoms with Crippen LogP contribution in [0.1, 0.15) is 51.7 Å². The number of hydrogen-bond acceptors (Lipinski definition) is 8. The van der Waals surface area contributed by atoms with Gasteiger partial charge in [0.25, 0.3) is 0 Å². The first-order chi connectivity index (χ1) is 14.6. The van der Waals surface area contributed by atoms with Crippen LogP contribution in [-0.2, 0) is 28.6 Å². The summed E-state index contributed by atoms with van der Waals surface area (Å²) < 4.78 is 21.3. The first-order valence-electron chi connectivity index (χ1n) is 10.5. The number of cyclic esters (lactones) is 1. The van der Waals surface area contributed by atoms with Gasteiger partial charge in [0.2, 0.25) is 0 Å². The molecular weight excluding hydrogens is 404 g/mol. The van der Waals surface area contributed by atoms with Gasteiger partial charge in [-0.25, -0.2) is 4.79 Å². The molecule has 0 amide bonds. The molecular formula is C23H28O8. The van der Waals surface area contributed by atoms with Crippen LogP contribution >= 0.6 is 0 Å². The Labute approximate surface area is 180 Å². The normalized spacial score (nSPS) is 39.5. The molecule has 0 radical (unpaired) electrons. The van der Waals surface area contributed by atoms with E-state index in [2.05, 4.69) is 0 Å². The number of furan rings is 1. The molecule has 2 fully saturated rings. The Morgan fingerprint density at radius 2 is 2.03 bits per heavy atom. The first kappa shape index (κ1) is 21.6. The third-order valence-corrected chi connectivity index (χ3v) is 7.56. The quantitative estimate of drug-likeness (QED) is 0.573. The molecule has 8 nitrogen and oxygen atoms in total. The van der Waals surface area contributed by atoms with Crippen LogP contribution in [0.5, 0.6) is 0 Å². The van der Waals surface area contributed by atoms with Crippen molar-refractivity contribution in [2.45, 2.75) is 58.3 Å². The van der Waals surface area contributed by atoms with Gasteiger partial charge in [0, 0.05) is 29.4 Å². The van der Waals surface area contributed by atoms with Crippen molar-refractivity contribution in [3.8, 4) is 0 Å². The Hall–Kier alpha value is -2.61. The Morgan fingerprint density at radius 3 is 2.65 bits per heavy atom. The van der Waals surface area contributed by atoms with E-state index >= 15 is 0 Å². The molecule has 1 saturated carbocycles. The Bertz CT molecular complexity index is 918.